The first kappa shape index (κ1) is 15.5. The fourth-order valence-electron chi connectivity index (χ4n) is 1.96. The van der Waals surface area contributed by atoms with Gasteiger partial charge >= 0.3 is 0 Å². The molecule has 0 aliphatic carbocycles. The number of hydrogen-bond donors (Lipinski definition) is 3. The fraction of sp³-hybridized carbons (Fsp3) is 0.286. The second kappa shape index (κ2) is 6.70. The van der Waals surface area contributed by atoms with Crippen molar-refractivity contribution >= 4 is 17.5 Å². The van der Waals surface area contributed by atoms with E-state index in [-0.39, 0.29) is 24.1 Å². The van der Waals surface area contributed by atoms with E-state index in [2.05, 4.69) is 15.5 Å². The van der Waals surface area contributed by atoms with E-state index in [9.17, 15) is 9.59 Å². The molecule has 2 amide bonds. The molecule has 2 aromatic rings. The monoisotopic (exact) mass is 303 g/mol. The van der Waals surface area contributed by atoms with Crippen LogP contribution in [0.15, 0.2) is 28.7 Å². The Bertz CT molecular complexity index is 665. The molecule has 1 aromatic heterocycles. The lowest BCUT2D eigenvalue weighted by molar-refractivity contribution is -0.120. The van der Waals surface area contributed by atoms with E-state index in [0.717, 1.165) is 5.56 Å². The maximum Gasteiger partial charge on any atom is 0.239 e. The van der Waals surface area contributed by atoms with E-state index < -0.39 is 11.9 Å². The van der Waals surface area contributed by atoms with Gasteiger partial charge in [0, 0.05) is 19.0 Å². The number of anilines is 1. The average Bonchev–Trinajstić information content (AvgIpc) is 2.87. The van der Waals surface area contributed by atoms with Gasteiger partial charge in [0.25, 0.3) is 0 Å². The molecule has 5 N–H and O–H groups in total. The number of nitrogens with one attached hydrogen (secondary N) is 1. The SMILES string of the molecule is CC(=O)N[C@@H](Cc1ccc(N)cc1)c1nnc(CC(N)=O)o1. The molecule has 2 rings (SSSR count). The lowest BCUT2D eigenvalue weighted by Gasteiger charge is -2.14. The molecule has 1 heterocycles. The summed E-state index contributed by atoms with van der Waals surface area (Å²) in [4.78, 5) is 22.2. The number of nitrogens with zero attached hydrogens (tertiary/aromatic N) is 2. The summed E-state index contributed by atoms with van der Waals surface area (Å²) in [7, 11) is 0. The van der Waals surface area contributed by atoms with Crippen LogP contribution >= 0.6 is 0 Å². The largest absolute Gasteiger partial charge is 0.422 e. The Balaban J connectivity index is 2.18. The number of amides is 2. The minimum atomic E-state index is -0.565. The normalized spacial score (nSPS) is 11.9. The third-order valence-corrected chi connectivity index (χ3v) is 2.90. The number of nitrogen functional groups attached to an aromatic ring is 1. The van der Waals surface area contributed by atoms with Crippen molar-refractivity contribution in [3.63, 3.8) is 0 Å². The summed E-state index contributed by atoms with van der Waals surface area (Å²) in [5.41, 5.74) is 12.3. The van der Waals surface area contributed by atoms with Crippen LogP contribution in [0.25, 0.3) is 0 Å². The predicted octanol–water partition coefficient (Wildman–Crippen LogP) is 0.0995. The standard InChI is InChI=1S/C14H17N5O3/c1-8(20)17-11(6-9-2-4-10(15)5-3-9)14-19-18-13(22-14)7-12(16)21/h2-5,11H,6-7,15H2,1H3,(H2,16,21)(H,17,20)/t11-/m0/s1. The molecule has 0 aliphatic rings. The van der Waals surface area contributed by atoms with E-state index in [1.165, 1.54) is 6.92 Å². The molecule has 0 radical (unpaired) electrons. The third kappa shape index (κ3) is 4.30. The molecule has 0 fully saturated rings. The van der Waals surface area contributed by atoms with Gasteiger partial charge in [0.1, 0.15) is 12.5 Å². The van der Waals surface area contributed by atoms with Crippen molar-refractivity contribution in [1.29, 1.82) is 0 Å². The number of rotatable bonds is 6. The van der Waals surface area contributed by atoms with Crippen molar-refractivity contribution < 1.29 is 14.0 Å². The van der Waals surface area contributed by atoms with Crippen LogP contribution in [-0.2, 0) is 22.4 Å². The molecule has 116 valence electrons. The van der Waals surface area contributed by atoms with Crippen LogP contribution in [0.3, 0.4) is 0 Å². The highest BCUT2D eigenvalue weighted by atomic mass is 16.4. The van der Waals surface area contributed by atoms with Crippen molar-refractivity contribution in [3.05, 3.63) is 41.6 Å². The first-order valence-electron chi connectivity index (χ1n) is 6.66. The van der Waals surface area contributed by atoms with Gasteiger partial charge in [-0.15, -0.1) is 10.2 Å². The van der Waals surface area contributed by atoms with Gasteiger partial charge in [-0.2, -0.15) is 0 Å². The molecular formula is C14H17N5O3. The van der Waals surface area contributed by atoms with Crippen molar-refractivity contribution in [2.45, 2.75) is 25.8 Å². The Kier molecular flexibility index (Phi) is 4.72. The summed E-state index contributed by atoms with van der Waals surface area (Å²) >= 11 is 0. The van der Waals surface area contributed by atoms with Crippen LogP contribution in [0.2, 0.25) is 0 Å². The second-order valence-electron chi connectivity index (χ2n) is 4.88. The van der Waals surface area contributed by atoms with Gasteiger partial charge < -0.3 is 21.2 Å². The van der Waals surface area contributed by atoms with E-state index in [0.29, 0.717) is 12.1 Å². The molecule has 1 atom stereocenters. The summed E-state index contributed by atoms with van der Waals surface area (Å²) in [5, 5.41) is 10.4. The first-order valence-corrected chi connectivity index (χ1v) is 6.66. The highest BCUT2D eigenvalue weighted by molar-refractivity contribution is 5.75. The van der Waals surface area contributed by atoms with E-state index in [1.807, 2.05) is 12.1 Å². The minimum absolute atomic E-state index is 0.121. The molecule has 8 heteroatoms. The van der Waals surface area contributed by atoms with Gasteiger partial charge in [0.05, 0.1) is 0 Å². The molecule has 0 spiro atoms. The highest BCUT2D eigenvalue weighted by Crippen LogP contribution is 2.18. The summed E-state index contributed by atoms with van der Waals surface area (Å²) in [6, 6.07) is 6.75. The number of carbonyl (C=O) groups excluding carboxylic acids is 2. The summed E-state index contributed by atoms with van der Waals surface area (Å²) in [6.07, 6.45) is 0.319. The average molecular weight is 303 g/mol. The van der Waals surface area contributed by atoms with Gasteiger partial charge in [-0.1, -0.05) is 12.1 Å². The van der Waals surface area contributed by atoms with Crippen LogP contribution in [0.4, 0.5) is 5.69 Å². The molecule has 0 saturated heterocycles. The van der Waals surface area contributed by atoms with Crippen molar-refractivity contribution in [1.82, 2.24) is 15.5 Å². The van der Waals surface area contributed by atoms with E-state index >= 15 is 0 Å². The number of hydrogen-bond acceptors (Lipinski definition) is 6. The number of aromatic nitrogens is 2. The summed E-state index contributed by atoms with van der Waals surface area (Å²) in [6.45, 7) is 1.40. The predicted molar refractivity (Wildman–Crippen MR) is 78.3 cm³/mol. The quantitative estimate of drug-likeness (QED) is 0.647. The molecular weight excluding hydrogens is 286 g/mol. The second-order valence-corrected chi connectivity index (χ2v) is 4.88. The summed E-state index contributed by atoms with van der Waals surface area (Å²) in [5.74, 6) is -0.446. The van der Waals surface area contributed by atoms with E-state index in [1.54, 1.807) is 12.1 Å². The van der Waals surface area contributed by atoms with Crippen molar-refractivity contribution in [2.24, 2.45) is 5.73 Å². The van der Waals surface area contributed by atoms with Gasteiger partial charge in [-0.05, 0) is 17.7 Å². The summed E-state index contributed by atoms with van der Waals surface area (Å²) < 4.78 is 5.39. The maximum atomic E-state index is 11.4. The van der Waals surface area contributed by atoms with Crippen LogP contribution in [-0.4, -0.2) is 22.0 Å². The molecule has 0 unspecified atom stereocenters. The first-order chi connectivity index (χ1) is 10.4. The Labute approximate surface area is 126 Å². The van der Waals surface area contributed by atoms with Crippen molar-refractivity contribution in [3.8, 4) is 0 Å². The number of carbonyl (C=O) groups is 2. The lowest BCUT2D eigenvalue weighted by atomic mass is 10.1. The Morgan fingerprint density at radius 3 is 2.55 bits per heavy atom. The smallest absolute Gasteiger partial charge is 0.239 e. The Morgan fingerprint density at radius 1 is 1.27 bits per heavy atom. The molecule has 1 aromatic carbocycles. The fourth-order valence-corrected chi connectivity index (χ4v) is 1.96. The zero-order valence-electron chi connectivity index (χ0n) is 12.1. The Hall–Kier alpha value is -2.90. The zero-order valence-corrected chi connectivity index (χ0v) is 12.1. The molecule has 22 heavy (non-hydrogen) atoms. The maximum absolute atomic E-state index is 11.4. The molecule has 0 aliphatic heterocycles. The number of primary amides is 1. The number of benzene rings is 1. The molecule has 0 saturated carbocycles. The topological polar surface area (TPSA) is 137 Å². The van der Waals surface area contributed by atoms with Gasteiger partial charge in [-0.3, -0.25) is 9.59 Å². The number of nitrogens with two attached hydrogens (primary N) is 2. The zero-order chi connectivity index (χ0) is 16.1. The highest BCUT2D eigenvalue weighted by Gasteiger charge is 2.20. The Morgan fingerprint density at radius 2 is 1.95 bits per heavy atom. The van der Waals surface area contributed by atoms with Gasteiger partial charge in [0.15, 0.2) is 0 Å². The van der Waals surface area contributed by atoms with Crippen LogP contribution in [0.1, 0.15) is 30.3 Å². The van der Waals surface area contributed by atoms with E-state index in [4.69, 9.17) is 15.9 Å². The minimum Gasteiger partial charge on any atom is -0.422 e. The van der Waals surface area contributed by atoms with Crippen molar-refractivity contribution in [2.75, 3.05) is 5.73 Å². The third-order valence-electron chi connectivity index (χ3n) is 2.90. The molecule has 0 bridgehead atoms. The molecule has 8 nitrogen and oxygen atoms in total. The van der Waals surface area contributed by atoms with Crippen LogP contribution in [0.5, 0.6) is 0 Å². The lowest BCUT2D eigenvalue weighted by Crippen LogP contribution is -2.28. The van der Waals surface area contributed by atoms with Gasteiger partial charge in [-0.25, -0.2) is 0 Å². The van der Waals surface area contributed by atoms with Crippen LogP contribution < -0.4 is 16.8 Å². The van der Waals surface area contributed by atoms with Crippen LogP contribution in [0, 0.1) is 0 Å². The van der Waals surface area contributed by atoms with Gasteiger partial charge in [0.2, 0.25) is 23.6 Å².